The first-order chi connectivity index (χ1) is 46.7. The summed E-state index contributed by atoms with van der Waals surface area (Å²) in [7, 11) is 0. The van der Waals surface area contributed by atoms with Crippen LogP contribution in [0.3, 0.4) is 0 Å². The number of hydrogen-bond acceptors (Lipinski definition) is 17. The summed E-state index contributed by atoms with van der Waals surface area (Å²) >= 11 is 5.49. The van der Waals surface area contributed by atoms with Crippen molar-refractivity contribution in [3.63, 3.8) is 0 Å². The molecule has 3 aliphatic heterocycles. The maximum absolute atomic E-state index is 13.8. The zero-order valence-corrected chi connectivity index (χ0v) is 56.4. The molecule has 6 aromatic rings. The van der Waals surface area contributed by atoms with Crippen LogP contribution in [0, 0.1) is 27.6 Å². The third kappa shape index (κ3) is 19.0. The van der Waals surface area contributed by atoms with E-state index in [4.69, 9.17) is 44.1 Å². The fraction of sp³-hybridized carbons (Fsp3) is 0.556. The fourth-order valence-electron chi connectivity index (χ4n) is 9.61. The number of urea groups is 1. The van der Waals surface area contributed by atoms with Gasteiger partial charge in [-0.25, -0.2) is 4.79 Å². The summed E-state index contributed by atoms with van der Waals surface area (Å²) in [5, 5.41) is 10.8. The lowest BCUT2D eigenvalue weighted by Gasteiger charge is -2.30. The molecule has 3 aliphatic rings. The number of alkyl halides is 19. The van der Waals surface area contributed by atoms with E-state index in [0.29, 0.717) is 50.3 Å². The minimum Gasteiger partial charge on any atom is -0.492 e. The van der Waals surface area contributed by atoms with Gasteiger partial charge in [0.15, 0.2) is 0 Å². The highest BCUT2D eigenvalue weighted by molar-refractivity contribution is 6.16. The number of likely N-dealkylation sites (tertiary alicyclic amines) is 1. The summed E-state index contributed by atoms with van der Waals surface area (Å²) in [6.07, 6.45) is -26.3. The molecule has 39 heteroatoms. The average Bonchev–Trinajstić information content (AvgIpc) is 1.60. The molecule has 20 nitrogen and oxygen atoms in total. The third-order valence-electron chi connectivity index (χ3n) is 16.5. The van der Waals surface area contributed by atoms with E-state index in [-0.39, 0.29) is 77.2 Å². The number of nitrogens with zero attached hydrogens (tertiary/aromatic N) is 9. The number of carbonyl (C=O) groups is 4. The zero-order chi connectivity index (χ0) is 76.5. The molecule has 0 N–H and O–H groups in total. The van der Waals surface area contributed by atoms with Crippen LogP contribution in [0.25, 0.3) is 34.2 Å². The van der Waals surface area contributed by atoms with E-state index in [1.54, 1.807) is 27.7 Å². The topological polar surface area (TPSA) is 232 Å². The molecular weight excluding hydrogens is 1440 g/mol. The van der Waals surface area contributed by atoms with Crippen LogP contribution in [0.5, 0.6) is 17.2 Å². The van der Waals surface area contributed by atoms with Crippen LogP contribution in [-0.4, -0.2) is 133 Å². The Labute approximate surface area is 573 Å². The normalized spacial score (nSPS) is 16.7. The van der Waals surface area contributed by atoms with Crippen LogP contribution in [0.15, 0.2) is 68.2 Å². The second-order valence-corrected chi connectivity index (χ2v) is 27.1. The van der Waals surface area contributed by atoms with Crippen molar-refractivity contribution in [3.8, 4) is 51.4 Å². The number of imide groups is 2. The second-order valence-electron chi connectivity index (χ2n) is 26.9. The van der Waals surface area contributed by atoms with Crippen molar-refractivity contribution in [2.75, 3.05) is 39.6 Å². The number of amides is 5. The Morgan fingerprint density at radius 3 is 1.16 bits per heavy atom. The highest BCUT2D eigenvalue weighted by atomic mass is 35.5. The molecule has 6 heterocycles. The van der Waals surface area contributed by atoms with Gasteiger partial charge in [0.05, 0.1) is 38.4 Å². The molecular formula is C63H66ClF18N9O11. The van der Waals surface area contributed by atoms with E-state index in [1.807, 2.05) is 0 Å². The monoisotopic (exact) mass is 1500 g/mol. The predicted molar refractivity (Wildman–Crippen MR) is 319 cm³/mol. The quantitative estimate of drug-likeness (QED) is 0.0299. The van der Waals surface area contributed by atoms with E-state index < -0.39 is 142 Å². The molecule has 0 atom stereocenters. The van der Waals surface area contributed by atoms with Gasteiger partial charge in [0, 0.05) is 42.9 Å². The van der Waals surface area contributed by atoms with E-state index >= 15 is 0 Å². The second kappa shape index (κ2) is 29.7. The van der Waals surface area contributed by atoms with Gasteiger partial charge in [-0.15, -0.1) is 11.6 Å². The maximum Gasteiger partial charge on any atom is 0.419 e. The lowest BCUT2D eigenvalue weighted by molar-refractivity contribution is -0.220. The number of aromatic nitrogens is 6. The van der Waals surface area contributed by atoms with E-state index in [1.165, 1.54) is 11.0 Å². The molecule has 3 saturated heterocycles. The van der Waals surface area contributed by atoms with Crippen molar-refractivity contribution in [1.82, 2.24) is 45.1 Å². The number of benzene rings is 3. The third-order valence-corrected chi connectivity index (χ3v) is 16.8. The highest BCUT2D eigenvalue weighted by Crippen LogP contribution is 2.46. The minimum absolute atomic E-state index is 0.00558. The SMILES string of the molecule is CC(C)(COc1ccc(-c2noc(CCl)n2)cc1C(F)(F)F)C(F)(F)F.CC1(C)C(=O)N(Cc2nc(-c3ccc(OCC(C)(C)C(F)(F)F)c(C(F)(F)F)c3)no2)C(=O)N1CCC1CCOCC1.CC1(C)CC(=O)N(Cc2nc(-c3ccc(OCC(C)(C)C(F)(F)F)c(C(F)(F)F)c3)no2)C1=O. The van der Waals surface area contributed by atoms with Crippen LogP contribution in [0.4, 0.5) is 83.8 Å². The zero-order valence-electron chi connectivity index (χ0n) is 55.7. The summed E-state index contributed by atoms with van der Waals surface area (Å²) in [6.45, 7) is 9.31. The standard InChI is InChI=1S/C27H32F6N4O5.C21H21F6N3O4.C15H13ClF6N2O2/c1-24(2,27(31,32)33)15-41-19-6-5-17(13-18(19)26(28,29)30)21-34-20(42-35-21)14-36-22(38)25(3,4)37(23(36)39)10-7-16-8-11-40-12-9-16;1-18(2)8-15(31)30(17(18)32)9-14-28-16(29-34-14)11-5-6-13(12(7-11)20(22,23)24)33-10-19(3,4)21(25,26)27;1-13(2,15(20,21)22)7-25-10-4-3-8(5-9(10)14(17,18)19)12-23-11(6-16)26-24-12/h5-6,13,16H,7-12,14-15H2,1-4H3;5-7H,8-10H2,1-4H3;3-5H,6-7H2,1-2H3. The van der Waals surface area contributed by atoms with E-state index in [9.17, 15) is 98.2 Å². The molecule has 102 heavy (non-hydrogen) atoms. The van der Waals surface area contributed by atoms with Crippen LogP contribution >= 0.6 is 11.6 Å². The fourth-order valence-corrected chi connectivity index (χ4v) is 9.71. The Morgan fingerprint density at radius 1 is 0.500 bits per heavy atom. The number of carbonyl (C=O) groups excluding carboxylic acids is 4. The Hall–Kier alpha value is -8.45. The Bertz CT molecular complexity index is 3960. The molecule has 0 unspecified atom stereocenters. The van der Waals surface area contributed by atoms with Crippen molar-refractivity contribution >= 4 is 35.4 Å². The van der Waals surface area contributed by atoms with Crippen molar-refractivity contribution in [3.05, 3.63) is 89.0 Å². The molecule has 5 amide bonds. The molecule has 0 saturated carbocycles. The van der Waals surface area contributed by atoms with Gasteiger partial charge >= 0.3 is 43.1 Å². The molecule has 3 aromatic heterocycles. The number of rotatable bonds is 20. The van der Waals surface area contributed by atoms with Gasteiger partial charge in [-0.2, -0.15) is 94.0 Å². The summed E-state index contributed by atoms with van der Waals surface area (Å²) in [5.74, 6) is -4.42. The lowest BCUT2D eigenvalue weighted by Crippen LogP contribution is -2.45. The van der Waals surface area contributed by atoms with Gasteiger partial charge in [0.25, 0.3) is 5.91 Å². The van der Waals surface area contributed by atoms with Gasteiger partial charge in [-0.3, -0.25) is 24.2 Å². The Balaban J connectivity index is 0.000000221. The minimum atomic E-state index is -4.96. The molecule has 562 valence electrons. The highest BCUT2D eigenvalue weighted by Gasteiger charge is 2.54. The molecule has 0 bridgehead atoms. The van der Waals surface area contributed by atoms with Crippen molar-refractivity contribution in [2.45, 2.75) is 156 Å². The summed E-state index contributed by atoms with van der Waals surface area (Å²) < 4.78 is 274. The average molecular weight is 1500 g/mol. The molecule has 0 radical (unpaired) electrons. The smallest absolute Gasteiger partial charge is 0.419 e. The van der Waals surface area contributed by atoms with E-state index in [2.05, 4.69) is 30.4 Å². The molecule has 3 aromatic carbocycles. The first kappa shape index (κ1) is 80.9. The van der Waals surface area contributed by atoms with E-state index in [0.717, 1.165) is 94.5 Å². The van der Waals surface area contributed by atoms with Crippen LogP contribution in [0.1, 0.15) is 129 Å². The van der Waals surface area contributed by atoms with Gasteiger partial charge in [0.1, 0.15) is 61.6 Å². The van der Waals surface area contributed by atoms with Crippen molar-refractivity contribution in [1.29, 1.82) is 0 Å². The molecule has 0 spiro atoms. The molecule has 0 aliphatic carbocycles. The van der Waals surface area contributed by atoms with Gasteiger partial charge in [-0.1, -0.05) is 29.3 Å². The summed E-state index contributed by atoms with van der Waals surface area (Å²) in [6, 6.07) is 7.54. The number of halogens is 19. The number of hydrogen-bond donors (Lipinski definition) is 0. The summed E-state index contributed by atoms with van der Waals surface area (Å²) in [5.41, 5.74) is -13.3. The van der Waals surface area contributed by atoms with Gasteiger partial charge in [0.2, 0.25) is 47.0 Å². The van der Waals surface area contributed by atoms with Crippen LogP contribution in [-0.2, 0) is 56.6 Å². The van der Waals surface area contributed by atoms with Crippen LogP contribution in [0.2, 0.25) is 0 Å². The Kier molecular flexibility index (Phi) is 23.6. The maximum atomic E-state index is 13.8. The lowest BCUT2D eigenvalue weighted by atomic mass is 9.92. The van der Waals surface area contributed by atoms with Gasteiger partial charge in [-0.05, 0) is 135 Å². The van der Waals surface area contributed by atoms with Gasteiger partial charge < -0.3 is 37.4 Å². The van der Waals surface area contributed by atoms with Crippen molar-refractivity contribution < 1.29 is 131 Å². The largest absolute Gasteiger partial charge is 0.492 e. The first-order valence-electron chi connectivity index (χ1n) is 30.5. The molecule has 9 rings (SSSR count). The van der Waals surface area contributed by atoms with Crippen molar-refractivity contribution in [2.24, 2.45) is 27.6 Å². The number of ether oxygens (including phenoxy) is 4. The van der Waals surface area contributed by atoms with Crippen LogP contribution < -0.4 is 14.2 Å². The first-order valence-corrected chi connectivity index (χ1v) is 31.1. The Morgan fingerprint density at radius 2 is 0.843 bits per heavy atom. The predicted octanol–water partition coefficient (Wildman–Crippen LogP) is 16.6. The summed E-state index contributed by atoms with van der Waals surface area (Å²) in [4.78, 5) is 65.9. The molecule has 3 fully saturated rings.